The van der Waals surface area contributed by atoms with Gasteiger partial charge in [-0.25, -0.2) is 0 Å². The van der Waals surface area contributed by atoms with Crippen molar-refractivity contribution in [2.45, 2.75) is 79.4 Å². The van der Waals surface area contributed by atoms with Gasteiger partial charge in [0.25, 0.3) is 0 Å². The summed E-state index contributed by atoms with van der Waals surface area (Å²) in [6.45, 7) is 12.5. The molecule has 0 spiro atoms. The molecule has 10 heteroatoms. The number of esters is 1. The molecule has 5 heterocycles. The van der Waals surface area contributed by atoms with Crippen LogP contribution >= 0.6 is 0 Å². The largest absolute Gasteiger partial charge is 2.00 e. The number of hydrogen-bond donors (Lipinski definition) is 2. The van der Waals surface area contributed by atoms with E-state index in [1.807, 2.05) is 19.1 Å². The van der Waals surface area contributed by atoms with Crippen molar-refractivity contribution >= 4 is 52.7 Å². The van der Waals surface area contributed by atoms with Gasteiger partial charge in [-0.1, -0.05) is 72.9 Å². The third-order valence-electron chi connectivity index (χ3n) is 10.3. The fourth-order valence-electron chi connectivity index (χ4n) is 7.77. The molecule has 2 aromatic rings. The van der Waals surface area contributed by atoms with Crippen molar-refractivity contribution in [3.05, 3.63) is 83.7 Å². The van der Waals surface area contributed by atoms with Crippen molar-refractivity contribution in [1.29, 1.82) is 0 Å². The number of hydrogen-bond acceptors (Lipinski definition) is 4. The number of aromatic nitrogens is 2. The summed E-state index contributed by atoms with van der Waals surface area (Å²) in [4.78, 5) is 35.1. The molecule has 0 amide bonds. The van der Waals surface area contributed by atoms with E-state index >= 15 is 0 Å². The molecule has 8 bridgehead atoms. The van der Waals surface area contributed by atoms with Gasteiger partial charge in [-0.2, -0.15) is 11.4 Å². The number of carbonyl (C=O) groups excluding carboxylic acids is 1. The van der Waals surface area contributed by atoms with Crippen LogP contribution in [0.4, 0.5) is 0 Å². The van der Waals surface area contributed by atoms with E-state index in [0.29, 0.717) is 28.3 Å². The van der Waals surface area contributed by atoms with Gasteiger partial charge in [-0.3, -0.25) is 9.59 Å². The van der Waals surface area contributed by atoms with Crippen LogP contribution in [0.3, 0.4) is 0 Å². The summed E-state index contributed by atoms with van der Waals surface area (Å²) in [7, 11) is 1.31. The van der Waals surface area contributed by atoms with Gasteiger partial charge < -0.3 is 35.6 Å². The van der Waals surface area contributed by atoms with Crippen molar-refractivity contribution < 1.29 is 24.5 Å². The minimum Gasteiger partial charge on any atom is -0.681 e. The molecule has 0 radical (unpaired) electrons. The average Bonchev–Trinajstić information content (AvgIpc) is 3.72. The van der Waals surface area contributed by atoms with Crippen LogP contribution in [-0.4, -0.2) is 58.4 Å². The smallest absolute Gasteiger partial charge is 0.681 e. The van der Waals surface area contributed by atoms with E-state index in [1.165, 1.54) is 7.11 Å². The van der Waals surface area contributed by atoms with Gasteiger partial charge in [0.05, 0.1) is 13.2 Å². The van der Waals surface area contributed by atoms with E-state index in [2.05, 4.69) is 40.7 Å². The number of allylic oxidation sites excluding steroid dienone is 3. The predicted octanol–water partition coefficient (Wildman–Crippen LogP) is 4.01. The SMILES string of the molecule is CCc1c2[n-]c(c1C)/C=C1\[N-]C(=C(C)[C@H]1CC)/C=C1\[N-]C(C3=c4[n-]/c(c(C)c4[C@H](O)[C@@H]3C(=O)OC)=C\2)[C@@H](CCC(=O)O)[C@@H]1C.[Mg+2]. The Morgan fingerprint density at radius 1 is 1.00 bits per heavy atom. The zero-order chi connectivity index (χ0) is 31.6. The number of nitrogens with zero attached hydrogens (tertiary/aromatic N) is 4. The third-order valence-corrected chi connectivity index (χ3v) is 10.3. The van der Waals surface area contributed by atoms with Gasteiger partial charge in [-0.15, -0.1) is 27.8 Å². The summed E-state index contributed by atoms with van der Waals surface area (Å²) in [6.07, 6.45) is 6.97. The molecule has 2 N–H and O–H groups in total. The first-order chi connectivity index (χ1) is 21.0. The Bertz CT molecular complexity index is 1780. The third kappa shape index (κ3) is 5.28. The molecule has 1 unspecified atom stereocenters. The minimum absolute atomic E-state index is 0. The molecular formula is C35H40MgN4O5-2. The van der Waals surface area contributed by atoms with Crippen LogP contribution in [0.25, 0.3) is 28.4 Å². The van der Waals surface area contributed by atoms with Crippen LogP contribution in [0.2, 0.25) is 0 Å². The van der Waals surface area contributed by atoms with Gasteiger partial charge >= 0.3 is 35.0 Å². The van der Waals surface area contributed by atoms with Gasteiger partial charge in [0.15, 0.2) is 0 Å². The first-order valence-electron chi connectivity index (χ1n) is 15.6. The van der Waals surface area contributed by atoms with Crippen LogP contribution in [0.1, 0.15) is 86.7 Å². The summed E-state index contributed by atoms with van der Waals surface area (Å²) < 4.78 is 5.20. The van der Waals surface area contributed by atoms with Gasteiger partial charge in [0, 0.05) is 6.42 Å². The molecule has 0 saturated carbocycles. The standard InChI is InChI=1S/C35H40N4O5.Mg/c1-8-19-15(3)22-12-24-17(5)21(10-11-28(40)41)32(38-24)30-31(35(43)44-7)34(42)29-18(6)25(39-33(29)30)14-27-20(9-2)16(4)23(37-27)13-26(19)36-22;/h12-14,17,19,21,31-32,34,42H,8-11H2,1-7H3,(H,40,41);/q-4;+2/b24-12-,25-14-,26-13-;/t17-,19+,21-,31+,32?,34-;/m0./s1. The summed E-state index contributed by atoms with van der Waals surface area (Å²) in [5.74, 6) is -2.61. The number of carboxylic acid groups (broad SMARTS) is 1. The van der Waals surface area contributed by atoms with E-state index < -0.39 is 30.0 Å². The number of rotatable bonds is 6. The van der Waals surface area contributed by atoms with Crippen LogP contribution in [0, 0.1) is 37.5 Å². The molecule has 0 aromatic carbocycles. The monoisotopic (exact) mass is 620 g/mol. The first kappa shape index (κ1) is 33.2. The zero-order valence-electron chi connectivity index (χ0n) is 27.1. The second-order valence-electron chi connectivity index (χ2n) is 12.5. The topological polar surface area (TPSA) is 140 Å². The maximum atomic E-state index is 13.3. The predicted molar refractivity (Wildman–Crippen MR) is 173 cm³/mol. The Morgan fingerprint density at radius 2 is 1.73 bits per heavy atom. The quantitative estimate of drug-likeness (QED) is 0.367. The average molecular weight is 621 g/mol. The molecule has 4 aliphatic rings. The molecule has 1 fully saturated rings. The van der Waals surface area contributed by atoms with Crippen molar-refractivity contribution in [3.63, 3.8) is 0 Å². The second kappa shape index (κ2) is 12.5. The molecule has 6 rings (SSSR count). The molecule has 9 nitrogen and oxygen atoms in total. The van der Waals surface area contributed by atoms with Crippen molar-refractivity contribution in [2.24, 2.45) is 23.7 Å². The summed E-state index contributed by atoms with van der Waals surface area (Å²) in [5.41, 5.74) is 9.75. The molecule has 1 saturated heterocycles. The number of aliphatic hydroxyl groups is 1. The number of fused-ring (bicyclic) bond motifs is 8. The van der Waals surface area contributed by atoms with Gasteiger partial charge in [0.2, 0.25) is 0 Å². The molecular weight excluding hydrogens is 581 g/mol. The maximum Gasteiger partial charge on any atom is 2.00 e. The number of methoxy groups -OCH3 is 1. The maximum absolute atomic E-state index is 13.3. The molecule has 6 atom stereocenters. The first-order valence-corrected chi connectivity index (χ1v) is 15.6. The number of carbonyl (C=O) groups is 2. The van der Waals surface area contributed by atoms with Crippen molar-refractivity contribution in [3.8, 4) is 0 Å². The van der Waals surface area contributed by atoms with E-state index in [4.69, 9.17) is 25.3 Å². The molecule has 234 valence electrons. The Hall–Kier alpha value is -3.21. The van der Waals surface area contributed by atoms with Gasteiger partial charge in [-0.05, 0) is 63.4 Å². The Labute approximate surface area is 280 Å². The zero-order valence-corrected chi connectivity index (χ0v) is 28.6. The minimum atomic E-state index is -1.15. The molecule has 45 heavy (non-hydrogen) atoms. The van der Waals surface area contributed by atoms with E-state index in [9.17, 15) is 19.8 Å². The summed E-state index contributed by atoms with van der Waals surface area (Å²) in [6, 6.07) is -0.554. The summed E-state index contributed by atoms with van der Waals surface area (Å²) in [5, 5.41) is 32.8. The second-order valence-corrected chi connectivity index (χ2v) is 12.5. The van der Waals surface area contributed by atoms with Crippen LogP contribution in [0.5, 0.6) is 0 Å². The van der Waals surface area contributed by atoms with Gasteiger partial charge in [0.1, 0.15) is 5.92 Å². The van der Waals surface area contributed by atoms with Crippen LogP contribution in [-0.2, 0) is 20.7 Å². The fraction of sp³-hybridized carbons (Fsp3) is 0.486. The molecule has 3 aliphatic heterocycles. The summed E-state index contributed by atoms with van der Waals surface area (Å²) >= 11 is 0. The van der Waals surface area contributed by atoms with Crippen molar-refractivity contribution in [2.75, 3.05) is 7.11 Å². The molecule has 1 aliphatic carbocycles. The van der Waals surface area contributed by atoms with E-state index in [1.54, 1.807) is 0 Å². The number of aliphatic hydroxyl groups excluding tert-OH is 1. The number of ether oxygens (including phenoxy) is 1. The van der Waals surface area contributed by atoms with Crippen LogP contribution < -0.4 is 20.7 Å². The Morgan fingerprint density at radius 3 is 2.38 bits per heavy atom. The molecule has 2 aromatic heterocycles. The Kier molecular flexibility index (Phi) is 9.23. The van der Waals surface area contributed by atoms with Crippen molar-refractivity contribution in [1.82, 2.24) is 9.97 Å². The number of carboxylic acids is 1. The fourth-order valence-corrected chi connectivity index (χ4v) is 7.77. The normalized spacial score (nSPS) is 29.5. The van der Waals surface area contributed by atoms with E-state index in [-0.39, 0.29) is 47.2 Å². The number of aliphatic carboxylic acids is 1. The van der Waals surface area contributed by atoms with Crippen LogP contribution in [0.15, 0.2) is 28.7 Å². The van der Waals surface area contributed by atoms with E-state index in [0.717, 1.165) is 63.6 Å². The Balaban J connectivity index is 0.00000400.